The van der Waals surface area contributed by atoms with E-state index >= 15 is 0 Å². The highest BCUT2D eigenvalue weighted by Gasteiger charge is 2.44. The minimum absolute atomic E-state index is 0.466. The Bertz CT molecular complexity index is 192. The fraction of sp³-hybridized carbons (Fsp3) is 1.00. The monoisotopic (exact) mass is 199 g/mol. The quantitative estimate of drug-likeness (QED) is 0.662. The lowest BCUT2D eigenvalue weighted by Crippen LogP contribution is -2.31. The first-order chi connectivity index (χ1) is 6.78. The summed E-state index contributed by atoms with van der Waals surface area (Å²) in [5, 5.41) is 0. The molecule has 0 amide bonds. The molecule has 1 atom stereocenters. The number of nitrogens with zero attached hydrogens (tertiary/aromatic N) is 1. The molecule has 3 nitrogen and oxygen atoms in total. The lowest BCUT2D eigenvalue weighted by Gasteiger charge is -2.22. The molecule has 0 radical (unpaired) electrons. The molecule has 0 N–H and O–H groups in total. The maximum atomic E-state index is 5.36. The van der Waals surface area contributed by atoms with Crippen LogP contribution in [0.15, 0.2) is 0 Å². The summed E-state index contributed by atoms with van der Waals surface area (Å²) in [6, 6.07) is 0. The van der Waals surface area contributed by atoms with Crippen LogP contribution in [0.4, 0.5) is 0 Å². The zero-order valence-corrected chi connectivity index (χ0v) is 9.29. The van der Waals surface area contributed by atoms with Gasteiger partial charge in [0.15, 0.2) is 0 Å². The molecule has 0 bridgehead atoms. The lowest BCUT2D eigenvalue weighted by molar-refractivity contribution is 0.0905. The lowest BCUT2D eigenvalue weighted by atomic mass is 10.1. The van der Waals surface area contributed by atoms with Crippen LogP contribution in [0.5, 0.6) is 0 Å². The van der Waals surface area contributed by atoms with Crippen LogP contribution < -0.4 is 0 Å². The van der Waals surface area contributed by atoms with E-state index < -0.39 is 0 Å². The molecule has 0 aromatic heterocycles. The number of rotatable bonds is 5. The van der Waals surface area contributed by atoms with Gasteiger partial charge in [-0.25, -0.2) is 0 Å². The molecule has 14 heavy (non-hydrogen) atoms. The maximum Gasteiger partial charge on any atom is 0.0710 e. The Labute approximate surface area is 86.4 Å². The third-order valence-electron chi connectivity index (χ3n) is 3.53. The Balaban J connectivity index is 1.76. The summed E-state index contributed by atoms with van der Waals surface area (Å²) in [7, 11) is 3.62. The van der Waals surface area contributed by atoms with Gasteiger partial charge in [0.1, 0.15) is 0 Å². The number of hydrogen-bond acceptors (Lipinski definition) is 3. The van der Waals surface area contributed by atoms with Crippen molar-refractivity contribution in [2.45, 2.75) is 25.4 Å². The highest BCUT2D eigenvalue weighted by molar-refractivity contribution is 4.96. The zero-order chi connectivity index (χ0) is 10.0. The van der Waals surface area contributed by atoms with Gasteiger partial charge in [-0.2, -0.15) is 0 Å². The molecule has 82 valence electrons. The fourth-order valence-corrected chi connectivity index (χ4v) is 2.44. The summed E-state index contributed by atoms with van der Waals surface area (Å²) in [5.74, 6) is 0. The first kappa shape index (κ1) is 10.4. The van der Waals surface area contributed by atoms with Crippen molar-refractivity contribution in [2.75, 3.05) is 40.5 Å². The first-order valence-corrected chi connectivity index (χ1v) is 5.52. The Morgan fingerprint density at radius 1 is 1.36 bits per heavy atom. The van der Waals surface area contributed by atoms with Gasteiger partial charge in [0, 0.05) is 39.3 Å². The third kappa shape index (κ3) is 2.27. The average molecular weight is 199 g/mol. The highest BCUT2D eigenvalue weighted by Crippen LogP contribution is 2.46. The van der Waals surface area contributed by atoms with Crippen molar-refractivity contribution in [1.29, 1.82) is 0 Å². The summed E-state index contributed by atoms with van der Waals surface area (Å²) in [6.07, 6.45) is 4.34. The molecule has 2 rings (SSSR count). The molecule has 2 fully saturated rings. The largest absolute Gasteiger partial charge is 0.384 e. The van der Waals surface area contributed by atoms with Crippen molar-refractivity contribution in [3.05, 3.63) is 0 Å². The van der Waals surface area contributed by atoms with Crippen LogP contribution >= 0.6 is 0 Å². The summed E-state index contributed by atoms with van der Waals surface area (Å²) < 4.78 is 10.6. The van der Waals surface area contributed by atoms with E-state index in [1.165, 1.54) is 32.4 Å². The average Bonchev–Trinajstić information content (AvgIpc) is 2.78. The SMILES string of the molecule is COCC1(CN2CCC(OC)C2)CC1. The first-order valence-electron chi connectivity index (χ1n) is 5.52. The molecule has 0 aromatic carbocycles. The molecule has 1 saturated carbocycles. The van der Waals surface area contributed by atoms with Crippen molar-refractivity contribution < 1.29 is 9.47 Å². The van der Waals surface area contributed by atoms with E-state index in [2.05, 4.69) is 4.90 Å². The Morgan fingerprint density at radius 3 is 2.64 bits per heavy atom. The van der Waals surface area contributed by atoms with E-state index in [1.807, 2.05) is 14.2 Å². The van der Waals surface area contributed by atoms with Crippen molar-refractivity contribution in [3.8, 4) is 0 Å². The van der Waals surface area contributed by atoms with Gasteiger partial charge in [0.05, 0.1) is 12.7 Å². The van der Waals surface area contributed by atoms with Crippen LogP contribution in [-0.4, -0.2) is 51.5 Å². The van der Waals surface area contributed by atoms with Gasteiger partial charge in [-0.3, -0.25) is 0 Å². The van der Waals surface area contributed by atoms with Crippen LogP contribution in [0.1, 0.15) is 19.3 Å². The second kappa shape index (κ2) is 4.17. The van der Waals surface area contributed by atoms with Gasteiger partial charge >= 0.3 is 0 Å². The van der Waals surface area contributed by atoms with Crippen LogP contribution in [0.25, 0.3) is 0 Å². The number of ether oxygens (including phenoxy) is 2. The number of likely N-dealkylation sites (tertiary alicyclic amines) is 1. The Kier molecular flexibility index (Phi) is 3.10. The summed E-state index contributed by atoms with van der Waals surface area (Å²) in [4.78, 5) is 2.53. The van der Waals surface area contributed by atoms with Crippen molar-refractivity contribution in [3.63, 3.8) is 0 Å². The van der Waals surface area contributed by atoms with Gasteiger partial charge in [-0.05, 0) is 19.3 Å². The van der Waals surface area contributed by atoms with Gasteiger partial charge in [0.25, 0.3) is 0 Å². The Hall–Kier alpha value is -0.120. The molecule has 1 aliphatic carbocycles. The summed E-state index contributed by atoms with van der Waals surface area (Å²) >= 11 is 0. The minimum atomic E-state index is 0.466. The van der Waals surface area contributed by atoms with E-state index in [9.17, 15) is 0 Å². The second-order valence-electron chi connectivity index (χ2n) is 4.81. The van der Waals surface area contributed by atoms with Crippen LogP contribution in [0, 0.1) is 5.41 Å². The van der Waals surface area contributed by atoms with E-state index in [1.54, 1.807) is 0 Å². The second-order valence-corrected chi connectivity index (χ2v) is 4.81. The standard InChI is InChI=1S/C11H21NO2/c1-13-9-11(4-5-11)8-12-6-3-10(7-12)14-2/h10H,3-9H2,1-2H3. The molecule has 1 saturated heterocycles. The third-order valence-corrected chi connectivity index (χ3v) is 3.53. The van der Waals surface area contributed by atoms with E-state index in [-0.39, 0.29) is 0 Å². The molecule has 0 spiro atoms. The normalized spacial score (nSPS) is 30.9. The van der Waals surface area contributed by atoms with Crippen molar-refractivity contribution >= 4 is 0 Å². The maximum absolute atomic E-state index is 5.36. The van der Waals surface area contributed by atoms with Gasteiger partial charge in [-0.15, -0.1) is 0 Å². The smallest absolute Gasteiger partial charge is 0.0710 e. The molecule has 2 aliphatic rings. The molecular formula is C11H21NO2. The minimum Gasteiger partial charge on any atom is -0.384 e. The number of hydrogen-bond donors (Lipinski definition) is 0. The molecule has 3 heteroatoms. The van der Waals surface area contributed by atoms with Crippen molar-refractivity contribution in [2.24, 2.45) is 5.41 Å². The van der Waals surface area contributed by atoms with Gasteiger partial charge < -0.3 is 14.4 Å². The fourth-order valence-electron chi connectivity index (χ4n) is 2.44. The molecule has 1 aliphatic heterocycles. The van der Waals surface area contributed by atoms with Crippen LogP contribution in [0.3, 0.4) is 0 Å². The van der Waals surface area contributed by atoms with Crippen LogP contribution in [-0.2, 0) is 9.47 Å². The molecular weight excluding hydrogens is 178 g/mol. The van der Waals surface area contributed by atoms with Crippen molar-refractivity contribution in [1.82, 2.24) is 4.90 Å². The zero-order valence-electron chi connectivity index (χ0n) is 9.29. The number of methoxy groups -OCH3 is 2. The topological polar surface area (TPSA) is 21.7 Å². The molecule has 0 aromatic rings. The van der Waals surface area contributed by atoms with Gasteiger partial charge in [0.2, 0.25) is 0 Å². The Morgan fingerprint density at radius 2 is 2.14 bits per heavy atom. The molecule has 1 heterocycles. The van der Waals surface area contributed by atoms with E-state index in [0.717, 1.165) is 13.2 Å². The van der Waals surface area contributed by atoms with E-state index in [4.69, 9.17) is 9.47 Å². The summed E-state index contributed by atoms with van der Waals surface area (Å²) in [5.41, 5.74) is 0.497. The van der Waals surface area contributed by atoms with E-state index in [0.29, 0.717) is 11.5 Å². The summed E-state index contributed by atoms with van der Waals surface area (Å²) in [6.45, 7) is 4.45. The van der Waals surface area contributed by atoms with Gasteiger partial charge in [-0.1, -0.05) is 0 Å². The predicted octanol–water partition coefficient (Wildman–Crippen LogP) is 1.13. The van der Waals surface area contributed by atoms with Crippen LogP contribution in [0.2, 0.25) is 0 Å². The highest BCUT2D eigenvalue weighted by atomic mass is 16.5. The predicted molar refractivity (Wildman–Crippen MR) is 55.4 cm³/mol. The molecule has 1 unspecified atom stereocenters.